The Balaban J connectivity index is 2.47. The molecule has 0 saturated carbocycles. The SMILES string of the molecule is CCC1NCCc2cc(O)c(O)cc21. The van der Waals surface area contributed by atoms with E-state index in [1.165, 1.54) is 0 Å². The largest absolute Gasteiger partial charge is 0.504 e. The zero-order valence-corrected chi connectivity index (χ0v) is 8.25. The molecular weight excluding hydrogens is 178 g/mol. The molecule has 0 saturated heterocycles. The predicted molar refractivity (Wildman–Crippen MR) is 54.5 cm³/mol. The molecule has 14 heavy (non-hydrogen) atoms. The first-order valence-electron chi connectivity index (χ1n) is 5.00. The van der Waals surface area contributed by atoms with Crippen LogP contribution in [0.15, 0.2) is 12.1 Å². The monoisotopic (exact) mass is 193 g/mol. The van der Waals surface area contributed by atoms with Crippen LogP contribution >= 0.6 is 0 Å². The maximum absolute atomic E-state index is 9.41. The number of benzene rings is 1. The van der Waals surface area contributed by atoms with Gasteiger partial charge in [0, 0.05) is 6.04 Å². The molecule has 1 aliphatic heterocycles. The minimum atomic E-state index is -0.0223. The molecule has 1 aromatic rings. The molecule has 0 amide bonds. The average molecular weight is 193 g/mol. The number of fused-ring (bicyclic) bond motifs is 1. The number of hydrogen-bond acceptors (Lipinski definition) is 3. The third kappa shape index (κ3) is 1.44. The molecule has 1 aliphatic rings. The standard InChI is InChI=1S/C11H15NO2/c1-2-9-8-6-11(14)10(13)5-7(8)3-4-12-9/h5-6,9,12-14H,2-4H2,1H3. The summed E-state index contributed by atoms with van der Waals surface area (Å²) in [6.07, 6.45) is 1.91. The molecule has 1 aromatic carbocycles. The van der Waals surface area contributed by atoms with E-state index >= 15 is 0 Å². The van der Waals surface area contributed by atoms with E-state index < -0.39 is 0 Å². The van der Waals surface area contributed by atoms with Crippen molar-refractivity contribution in [2.45, 2.75) is 25.8 Å². The van der Waals surface area contributed by atoms with Gasteiger partial charge in [0.05, 0.1) is 0 Å². The van der Waals surface area contributed by atoms with Crippen LogP contribution in [-0.4, -0.2) is 16.8 Å². The van der Waals surface area contributed by atoms with Crippen molar-refractivity contribution < 1.29 is 10.2 Å². The molecule has 0 radical (unpaired) electrons. The Bertz CT molecular complexity index is 349. The van der Waals surface area contributed by atoms with Gasteiger partial charge in [-0.2, -0.15) is 0 Å². The molecule has 3 heteroatoms. The topological polar surface area (TPSA) is 52.5 Å². The van der Waals surface area contributed by atoms with Crippen LogP contribution in [0.1, 0.15) is 30.5 Å². The van der Waals surface area contributed by atoms with Gasteiger partial charge >= 0.3 is 0 Å². The van der Waals surface area contributed by atoms with Gasteiger partial charge < -0.3 is 15.5 Å². The van der Waals surface area contributed by atoms with Crippen molar-refractivity contribution >= 4 is 0 Å². The highest BCUT2D eigenvalue weighted by molar-refractivity contribution is 5.47. The van der Waals surface area contributed by atoms with Crippen molar-refractivity contribution in [1.29, 1.82) is 0 Å². The van der Waals surface area contributed by atoms with Gasteiger partial charge in [-0.3, -0.25) is 0 Å². The Kier molecular flexibility index (Phi) is 2.33. The summed E-state index contributed by atoms with van der Waals surface area (Å²) in [6.45, 7) is 3.05. The van der Waals surface area contributed by atoms with E-state index in [1.54, 1.807) is 12.1 Å². The second kappa shape index (κ2) is 3.50. The number of hydrogen-bond donors (Lipinski definition) is 3. The molecule has 0 bridgehead atoms. The summed E-state index contributed by atoms with van der Waals surface area (Å²) >= 11 is 0. The summed E-state index contributed by atoms with van der Waals surface area (Å²) in [5.74, 6) is -0.0357. The van der Waals surface area contributed by atoms with Crippen molar-refractivity contribution in [1.82, 2.24) is 5.32 Å². The fraction of sp³-hybridized carbons (Fsp3) is 0.455. The Hall–Kier alpha value is -1.22. The first-order chi connectivity index (χ1) is 6.72. The Morgan fingerprint density at radius 2 is 2.07 bits per heavy atom. The summed E-state index contributed by atoms with van der Waals surface area (Å²) < 4.78 is 0. The average Bonchev–Trinajstić information content (AvgIpc) is 2.19. The van der Waals surface area contributed by atoms with Crippen LogP contribution in [0.25, 0.3) is 0 Å². The summed E-state index contributed by atoms with van der Waals surface area (Å²) in [4.78, 5) is 0. The minimum absolute atomic E-state index is 0.0134. The van der Waals surface area contributed by atoms with Gasteiger partial charge in [0.2, 0.25) is 0 Å². The van der Waals surface area contributed by atoms with Crippen molar-refractivity contribution in [3.63, 3.8) is 0 Å². The lowest BCUT2D eigenvalue weighted by atomic mass is 9.92. The third-order valence-corrected chi connectivity index (χ3v) is 2.81. The number of phenols is 2. The van der Waals surface area contributed by atoms with E-state index in [4.69, 9.17) is 0 Å². The number of rotatable bonds is 1. The van der Waals surface area contributed by atoms with Gasteiger partial charge in [-0.1, -0.05) is 6.92 Å². The lowest BCUT2D eigenvalue weighted by molar-refractivity contribution is 0.398. The van der Waals surface area contributed by atoms with Gasteiger partial charge in [-0.15, -0.1) is 0 Å². The van der Waals surface area contributed by atoms with Crippen LogP contribution in [0.2, 0.25) is 0 Å². The van der Waals surface area contributed by atoms with E-state index in [0.29, 0.717) is 6.04 Å². The molecule has 1 heterocycles. The first kappa shape index (κ1) is 9.34. The van der Waals surface area contributed by atoms with E-state index in [-0.39, 0.29) is 11.5 Å². The molecule has 1 unspecified atom stereocenters. The van der Waals surface area contributed by atoms with Crippen LogP contribution in [0, 0.1) is 0 Å². The molecule has 0 aromatic heterocycles. The van der Waals surface area contributed by atoms with Crippen LogP contribution < -0.4 is 5.32 Å². The Morgan fingerprint density at radius 3 is 2.79 bits per heavy atom. The Morgan fingerprint density at radius 1 is 1.36 bits per heavy atom. The molecule has 3 N–H and O–H groups in total. The van der Waals surface area contributed by atoms with Crippen LogP contribution in [-0.2, 0) is 6.42 Å². The molecule has 0 fully saturated rings. The van der Waals surface area contributed by atoms with E-state index in [2.05, 4.69) is 12.2 Å². The van der Waals surface area contributed by atoms with Crippen molar-refractivity contribution in [3.05, 3.63) is 23.3 Å². The van der Waals surface area contributed by atoms with Crippen LogP contribution in [0.5, 0.6) is 11.5 Å². The van der Waals surface area contributed by atoms with E-state index in [0.717, 1.165) is 30.5 Å². The summed E-state index contributed by atoms with van der Waals surface area (Å²) in [5.41, 5.74) is 2.26. The molecular formula is C11H15NO2. The van der Waals surface area contributed by atoms with Gasteiger partial charge in [-0.25, -0.2) is 0 Å². The normalized spacial score (nSPS) is 20.5. The fourth-order valence-corrected chi connectivity index (χ4v) is 2.03. The van der Waals surface area contributed by atoms with Gasteiger partial charge in [0.25, 0.3) is 0 Å². The second-order valence-corrected chi connectivity index (χ2v) is 3.70. The zero-order chi connectivity index (χ0) is 10.1. The Labute approximate surface area is 83.4 Å². The molecule has 1 atom stereocenters. The summed E-state index contributed by atoms with van der Waals surface area (Å²) in [6, 6.07) is 3.66. The van der Waals surface area contributed by atoms with Crippen molar-refractivity contribution in [2.24, 2.45) is 0 Å². The maximum Gasteiger partial charge on any atom is 0.157 e. The number of aromatic hydroxyl groups is 2. The zero-order valence-electron chi connectivity index (χ0n) is 8.25. The predicted octanol–water partition coefficient (Wildman–Crippen LogP) is 1.69. The third-order valence-electron chi connectivity index (χ3n) is 2.81. The first-order valence-corrected chi connectivity index (χ1v) is 5.00. The van der Waals surface area contributed by atoms with E-state index in [9.17, 15) is 10.2 Å². The molecule has 0 spiro atoms. The van der Waals surface area contributed by atoms with Crippen molar-refractivity contribution in [3.8, 4) is 11.5 Å². The second-order valence-electron chi connectivity index (χ2n) is 3.70. The highest BCUT2D eigenvalue weighted by Crippen LogP contribution is 2.34. The summed E-state index contributed by atoms with van der Waals surface area (Å²) in [5, 5.41) is 22.2. The van der Waals surface area contributed by atoms with Gasteiger partial charge in [0.15, 0.2) is 11.5 Å². The van der Waals surface area contributed by atoms with Crippen LogP contribution in [0.4, 0.5) is 0 Å². The maximum atomic E-state index is 9.41. The highest BCUT2D eigenvalue weighted by Gasteiger charge is 2.19. The summed E-state index contributed by atoms with van der Waals surface area (Å²) in [7, 11) is 0. The smallest absolute Gasteiger partial charge is 0.157 e. The highest BCUT2D eigenvalue weighted by atomic mass is 16.3. The van der Waals surface area contributed by atoms with Gasteiger partial charge in [-0.05, 0) is 42.6 Å². The lowest BCUT2D eigenvalue weighted by Crippen LogP contribution is -2.29. The minimum Gasteiger partial charge on any atom is -0.504 e. The van der Waals surface area contributed by atoms with E-state index in [1.807, 2.05) is 0 Å². The van der Waals surface area contributed by atoms with Crippen LogP contribution in [0.3, 0.4) is 0 Å². The number of phenolic OH excluding ortho intramolecular Hbond substituents is 2. The quantitative estimate of drug-likeness (QED) is 0.595. The molecule has 3 nitrogen and oxygen atoms in total. The molecule has 0 aliphatic carbocycles. The lowest BCUT2D eigenvalue weighted by Gasteiger charge is -2.26. The fourth-order valence-electron chi connectivity index (χ4n) is 2.03. The molecule has 76 valence electrons. The number of nitrogens with one attached hydrogen (secondary N) is 1. The van der Waals surface area contributed by atoms with Crippen molar-refractivity contribution in [2.75, 3.05) is 6.54 Å². The molecule has 2 rings (SSSR count). The van der Waals surface area contributed by atoms with Gasteiger partial charge in [0.1, 0.15) is 0 Å².